The maximum Gasteiger partial charge on any atom is 0.258 e. The van der Waals surface area contributed by atoms with Gasteiger partial charge in [-0.1, -0.05) is 31.3 Å². The number of amides is 1. The smallest absolute Gasteiger partial charge is 0.258 e. The van der Waals surface area contributed by atoms with Gasteiger partial charge in [0.25, 0.3) is 5.89 Å². The lowest BCUT2D eigenvalue weighted by Gasteiger charge is -2.21. The molecule has 2 aromatic heterocycles. The molecule has 0 bridgehead atoms. The molecule has 204 valence electrons. The molecular formula is C28H36N4O6. The van der Waals surface area contributed by atoms with E-state index in [1.165, 1.54) is 19.3 Å². The fourth-order valence-corrected chi connectivity index (χ4v) is 4.79. The van der Waals surface area contributed by atoms with Crippen molar-refractivity contribution in [3.05, 3.63) is 41.1 Å². The third-order valence-electron chi connectivity index (χ3n) is 6.82. The number of nitrogens with zero attached hydrogens (tertiary/aromatic N) is 3. The van der Waals surface area contributed by atoms with Gasteiger partial charge in [-0.25, -0.2) is 4.98 Å². The van der Waals surface area contributed by atoms with Crippen molar-refractivity contribution in [2.75, 3.05) is 26.9 Å². The second-order valence-electron chi connectivity index (χ2n) is 9.64. The zero-order chi connectivity index (χ0) is 27.1. The molecule has 10 nitrogen and oxygen atoms in total. The number of carbonyl (C=O) groups excluding carboxylic acids is 1. The molecule has 3 N–H and O–H groups in total. The molecule has 10 heteroatoms. The molecule has 1 saturated carbocycles. The van der Waals surface area contributed by atoms with Crippen LogP contribution in [0, 0.1) is 6.92 Å². The third-order valence-corrected chi connectivity index (χ3v) is 6.82. The highest BCUT2D eigenvalue weighted by Gasteiger charge is 2.21. The summed E-state index contributed by atoms with van der Waals surface area (Å²) in [6, 6.07) is 7.72. The first kappa shape index (κ1) is 27.5. The predicted octanol–water partition coefficient (Wildman–Crippen LogP) is 3.57. The van der Waals surface area contributed by atoms with E-state index >= 15 is 0 Å². The third kappa shape index (κ3) is 6.68. The summed E-state index contributed by atoms with van der Waals surface area (Å²) in [5.41, 5.74) is 4.38. The largest absolute Gasteiger partial charge is 0.490 e. The first-order valence-corrected chi connectivity index (χ1v) is 13.1. The molecule has 1 atom stereocenters. The average molecular weight is 525 g/mol. The van der Waals surface area contributed by atoms with Gasteiger partial charge in [-0.3, -0.25) is 4.79 Å². The molecule has 2 heterocycles. The van der Waals surface area contributed by atoms with Crippen molar-refractivity contribution in [1.82, 2.24) is 20.4 Å². The van der Waals surface area contributed by atoms with E-state index < -0.39 is 18.6 Å². The summed E-state index contributed by atoms with van der Waals surface area (Å²) < 4.78 is 17.0. The fourth-order valence-electron chi connectivity index (χ4n) is 4.79. The first-order valence-electron chi connectivity index (χ1n) is 13.1. The van der Waals surface area contributed by atoms with E-state index in [-0.39, 0.29) is 13.2 Å². The van der Waals surface area contributed by atoms with Crippen molar-refractivity contribution in [2.24, 2.45) is 0 Å². The number of pyridine rings is 1. The van der Waals surface area contributed by atoms with Gasteiger partial charge in [0.05, 0.1) is 7.11 Å². The highest BCUT2D eigenvalue weighted by molar-refractivity contribution is 5.76. The van der Waals surface area contributed by atoms with Gasteiger partial charge in [0.15, 0.2) is 0 Å². The molecule has 38 heavy (non-hydrogen) atoms. The maximum absolute atomic E-state index is 11.2. The standard InChI is InChI=1S/C28H36N4O6/c1-4-18-11-20(10-17(2)26(18)37-16-22(34)14-29-24(35)15-33)27-31-28(38-32-27)21-12-23(30-25(13-21)36-3)19-8-6-5-7-9-19/h10-13,19,22,33-34H,4-9,14-16H2,1-3H3,(H,29,35)/t22-/m0/s1. The number of aromatic nitrogens is 3. The Labute approximate surface area is 222 Å². The minimum atomic E-state index is -0.912. The first-order chi connectivity index (χ1) is 18.4. The summed E-state index contributed by atoms with van der Waals surface area (Å²) >= 11 is 0. The monoisotopic (exact) mass is 524 g/mol. The van der Waals surface area contributed by atoms with Crippen LogP contribution in [0.3, 0.4) is 0 Å². The van der Waals surface area contributed by atoms with E-state index in [1.807, 2.05) is 38.1 Å². The Kier molecular flexibility index (Phi) is 9.30. The molecule has 1 aliphatic rings. The SMILES string of the molecule is CCc1cc(-c2noc(-c3cc(OC)nc(C4CCCCC4)c3)n2)cc(C)c1OC[C@@H](O)CNC(=O)CO. The van der Waals surface area contributed by atoms with Gasteiger partial charge < -0.3 is 29.5 Å². The van der Waals surface area contributed by atoms with Gasteiger partial charge in [-0.15, -0.1) is 0 Å². The minimum Gasteiger partial charge on any atom is -0.490 e. The van der Waals surface area contributed by atoms with Crippen LogP contribution in [-0.2, 0) is 11.2 Å². The molecule has 0 spiro atoms. The zero-order valence-corrected chi connectivity index (χ0v) is 22.2. The van der Waals surface area contributed by atoms with Crippen LogP contribution in [0.15, 0.2) is 28.8 Å². The number of rotatable bonds is 11. The van der Waals surface area contributed by atoms with Crippen LogP contribution in [0.2, 0.25) is 0 Å². The van der Waals surface area contributed by atoms with E-state index in [0.29, 0.717) is 35.7 Å². The second kappa shape index (κ2) is 12.8. The molecule has 0 saturated heterocycles. The van der Waals surface area contributed by atoms with Crippen LogP contribution in [-0.4, -0.2) is 64.2 Å². The van der Waals surface area contributed by atoms with Crippen LogP contribution >= 0.6 is 0 Å². The van der Waals surface area contributed by atoms with Crippen LogP contribution in [0.25, 0.3) is 22.8 Å². The normalized spacial score (nSPS) is 14.8. The highest BCUT2D eigenvalue weighted by atomic mass is 16.5. The van der Waals surface area contributed by atoms with Crippen LogP contribution in [0.5, 0.6) is 11.6 Å². The molecule has 0 unspecified atom stereocenters. The molecule has 0 radical (unpaired) electrons. The zero-order valence-electron chi connectivity index (χ0n) is 22.2. The molecule has 4 rings (SSSR count). The van der Waals surface area contributed by atoms with Crippen LogP contribution < -0.4 is 14.8 Å². The quantitative estimate of drug-likeness (QED) is 0.343. The van der Waals surface area contributed by atoms with Gasteiger partial charge in [-0.05, 0) is 55.5 Å². The summed E-state index contributed by atoms with van der Waals surface area (Å²) in [5, 5.41) is 25.6. The highest BCUT2D eigenvalue weighted by Crippen LogP contribution is 2.36. The second-order valence-corrected chi connectivity index (χ2v) is 9.64. The van der Waals surface area contributed by atoms with Crippen molar-refractivity contribution in [3.8, 4) is 34.5 Å². The number of aliphatic hydroxyl groups is 2. The number of hydrogen-bond donors (Lipinski definition) is 3. The summed E-state index contributed by atoms with van der Waals surface area (Å²) in [7, 11) is 1.61. The maximum atomic E-state index is 11.2. The van der Waals surface area contributed by atoms with Gasteiger partial charge in [0.2, 0.25) is 17.6 Å². The van der Waals surface area contributed by atoms with E-state index in [1.54, 1.807) is 7.11 Å². The molecule has 1 amide bonds. The lowest BCUT2D eigenvalue weighted by molar-refractivity contribution is -0.124. The Balaban J connectivity index is 1.53. The number of ether oxygens (including phenoxy) is 2. The van der Waals surface area contributed by atoms with Crippen molar-refractivity contribution in [1.29, 1.82) is 0 Å². The number of aliphatic hydroxyl groups excluding tert-OH is 2. The van der Waals surface area contributed by atoms with Crippen molar-refractivity contribution < 1.29 is 29.0 Å². The van der Waals surface area contributed by atoms with Crippen molar-refractivity contribution in [2.45, 2.75) is 64.4 Å². The van der Waals surface area contributed by atoms with E-state index in [4.69, 9.17) is 19.1 Å². The predicted molar refractivity (Wildman–Crippen MR) is 141 cm³/mol. The number of methoxy groups -OCH3 is 1. The number of carbonyl (C=O) groups is 1. The molecule has 1 aliphatic carbocycles. The molecular weight excluding hydrogens is 488 g/mol. The molecule has 1 fully saturated rings. The van der Waals surface area contributed by atoms with E-state index in [2.05, 4.69) is 20.4 Å². The van der Waals surface area contributed by atoms with Crippen molar-refractivity contribution >= 4 is 5.91 Å². The molecule has 3 aromatic rings. The lowest BCUT2D eigenvalue weighted by Crippen LogP contribution is -2.36. The summed E-state index contributed by atoms with van der Waals surface area (Å²) in [6.45, 7) is 3.30. The fraction of sp³-hybridized carbons (Fsp3) is 0.500. The molecule has 1 aromatic carbocycles. The van der Waals surface area contributed by atoms with E-state index in [9.17, 15) is 9.90 Å². The van der Waals surface area contributed by atoms with Gasteiger partial charge >= 0.3 is 0 Å². The van der Waals surface area contributed by atoms with Crippen LogP contribution in [0.1, 0.15) is 61.8 Å². The van der Waals surface area contributed by atoms with Crippen LogP contribution in [0.4, 0.5) is 0 Å². The van der Waals surface area contributed by atoms with Gasteiger partial charge in [0.1, 0.15) is 25.1 Å². The number of nitrogens with one attached hydrogen (secondary N) is 1. The minimum absolute atomic E-state index is 0.00153. The Hall–Kier alpha value is -3.50. The van der Waals surface area contributed by atoms with Gasteiger partial charge in [-0.2, -0.15) is 4.98 Å². The number of hydrogen-bond acceptors (Lipinski definition) is 9. The summed E-state index contributed by atoms with van der Waals surface area (Å²) in [6.07, 6.45) is 5.71. The molecule has 0 aliphatic heterocycles. The van der Waals surface area contributed by atoms with Gasteiger partial charge in [0, 0.05) is 35.3 Å². The number of aryl methyl sites for hydroxylation is 2. The van der Waals surface area contributed by atoms with Crippen molar-refractivity contribution in [3.63, 3.8) is 0 Å². The Morgan fingerprint density at radius 1 is 1.16 bits per heavy atom. The number of benzene rings is 1. The summed E-state index contributed by atoms with van der Waals surface area (Å²) in [4.78, 5) is 20.6. The Bertz CT molecular complexity index is 1240. The average Bonchev–Trinajstić information content (AvgIpc) is 3.45. The summed E-state index contributed by atoms with van der Waals surface area (Å²) in [5.74, 6) is 1.93. The Morgan fingerprint density at radius 2 is 1.95 bits per heavy atom. The van der Waals surface area contributed by atoms with E-state index in [0.717, 1.165) is 40.8 Å². The lowest BCUT2D eigenvalue weighted by atomic mass is 9.86. The Morgan fingerprint density at radius 3 is 2.66 bits per heavy atom. The topological polar surface area (TPSA) is 140 Å².